The minimum absolute atomic E-state index is 0.0561. The molecule has 0 aliphatic heterocycles. The van der Waals surface area contributed by atoms with Gasteiger partial charge in [0.1, 0.15) is 5.82 Å². The number of hydrogen-bond donors (Lipinski definition) is 1. The predicted octanol–water partition coefficient (Wildman–Crippen LogP) is 3.60. The molecule has 1 aliphatic rings. The first kappa shape index (κ1) is 15.5. The lowest BCUT2D eigenvalue weighted by atomic mass is 9.86. The third kappa shape index (κ3) is 3.80. The van der Waals surface area contributed by atoms with E-state index in [4.69, 9.17) is 0 Å². The minimum Gasteiger partial charge on any atom is -0.312 e. The zero-order valence-corrected chi connectivity index (χ0v) is 12.9. The number of halogens is 1. The maximum Gasteiger partial charge on any atom is 0.128 e. The summed E-state index contributed by atoms with van der Waals surface area (Å²) in [4.78, 5) is 2.40. The van der Waals surface area contributed by atoms with Crippen LogP contribution in [-0.4, -0.2) is 31.6 Å². The summed E-state index contributed by atoms with van der Waals surface area (Å²) in [7, 11) is 4.08. The van der Waals surface area contributed by atoms with Crippen LogP contribution in [0.2, 0.25) is 0 Å². The van der Waals surface area contributed by atoms with Gasteiger partial charge in [-0.2, -0.15) is 0 Å². The second-order valence-corrected chi connectivity index (χ2v) is 6.22. The van der Waals surface area contributed by atoms with Gasteiger partial charge in [0.25, 0.3) is 0 Å². The fraction of sp³-hybridized carbons (Fsp3) is 0.647. The highest BCUT2D eigenvalue weighted by atomic mass is 19.1. The Hall–Kier alpha value is -0.930. The minimum atomic E-state index is -0.113. The second-order valence-electron chi connectivity index (χ2n) is 6.22. The van der Waals surface area contributed by atoms with Crippen molar-refractivity contribution in [2.24, 2.45) is 5.92 Å². The molecule has 1 N–H and O–H groups in total. The van der Waals surface area contributed by atoms with E-state index >= 15 is 0 Å². The number of nitrogens with one attached hydrogen (secondary N) is 1. The van der Waals surface area contributed by atoms with Gasteiger partial charge in [0.15, 0.2) is 0 Å². The Morgan fingerprint density at radius 2 is 1.90 bits per heavy atom. The molecule has 1 aromatic rings. The Bertz CT molecular complexity index is 413. The highest BCUT2D eigenvalue weighted by Gasteiger charge is 2.24. The topological polar surface area (TPSA) is 15.3 Å². The van der Waals surface area contributed by atoms with Crippen molar-refractivity contribution in [2.75, 3.05) is 20.6 Å². The van der Waals surface area contributed by atoms with E-state index < -0.39 is 0 Å². The highest BCUT2D eigenvalue weighted by Crippen LogP contribution is 2.27. The van der Waals surface area contributed by atoms with Crippen molar-refractivity contribution < 1.29 is 4.39 Å². The van der Waals surface area contributed by atoms with Crippen molar-refractivity contribution in [1.82, 2.24) is 10.2 Å². The summed E-state index contributed by atoms with van der Waals surface area (Å²) in [6, 6.07) is 7.78. The zero-order valence-electron chi connectivity index (χ0n) is 12.9. The van der Waals surface area contributed by atoms with Crippen molar-refractivity contribution in [1.29, 1.82) is 0 Å². The van der Waals surface area contributed by atoms with E-state index in [1.165, 1.54) is 25.7 Å². The molecule has 2 rings (SSSR count). The summed E-state index contributed by atoms with van der Waals surface area (Å²) >= 11 is 0. The van der Waals surface area contributed by atoms with Gasteiger partial charge in [0, 0.05) is 24.2 Å². The van der Waals surface area contributed by atoms with E-state index in [1.807, 2.05) is 19.2 Å². The molecule has 0 heterocycles. The maximum atomic E-state index is 13.9. The molecule has 0 aromatic heterocycles. The van der Waals surface area contributed by atoms with Crippen molar-refractivity contribution in [3.05, 3.63) is 35.6 Å². The monoisotopic (exact) mass is 278 g/mol. The lowest BCUT2D eigenvalue weighted by molar-refractivity contribution is 0.157. The van der Waals surface area contributed by atoms with Gasteiger partial charge in [-0.25, -0.2) is 4.39 Å². The molecule has 112 valence electrons. The molecule has 1 aliphatic carbocycles. The zero-order chi connectivity index (χ0) is 14.5. The molecule has 1 aromatic carbocycles. The van der Waals surface area contributed by atoms with Crippen molar-refractivity contribution >= 4 is 0 Å². The van der Waals surface area contributed by atoms with E-state index in [-0.39, 0.29) is 11.9 Å². The van der Waals surface area contributed by atoms with Gasteiger partial charge in [0.05, 0.1) is 0 Å². The van der Waals surface area contributed by atoms with Crippen LogP contribution in [0.15, 0.2) is 24.3 Å². The van der Waals surface area contributed by atoms with Crippen LogP contribution in [0.3, 0.4) is 0 Å². The molecule has 0 radical (unpaired) electrons. The molecular weight excluding hydrogens is 251 g/mol. The average molecular weight is 278 g/mol. The molecule has 1 fully saturated rings. The van der Waals surface area contributed by atoms with Gasteiger partial charge in [0.2, 0.25) is 0 Å². The Morgan fingerprint density at radius 1 is 1.25 bits per heavy atom. The van der Waals surface area contributed by atoms with Crippen molar-refractivity contribution in [3.8, 4) is 0 Å². The van der Waals surface area contributed by atoms with Crippen LogP contribution in [0, 0.1) is 11.7 Å². The first-order valence-electron chi connectivity index (χ1n) is 7.73. The van der Waals surface area contributed by atoms with E-state index in [2.05, 4.69) is 24.2 Å². The summed E-state index contributed by atoms with van der Waals surface area (Å²) in [6.45, 7) is 3.20. The Labute approximate surface area is 122 Å². The van der Waals surface area contributed by atoms with Crippen LogP contribution in [0.5, 0.6) is 0 Å². The smallest absolute Gasteiger partial charge is 0.128 e. The summed E-state index contributed by atoms with van der Waals surface area (Å²) in [5, 5.41) is 3.26. The average Bonchev–Trinajstić information content (AvgIpc) is 2.46. The van der Waals surface area contributed by atoms with Gasteiger partial charge in [-0.05, 0) is 51.8 Å². The summed E-state index contributed by atoms with van der Waals surface area (Å²) in [6.07, 6.45) is 5.18. The first-order valence-corrected chi connectivity index (χ1v) is 7.73. The van der Waals surface area contributed by atoms with Crippen LogP contribution >= 0.6 is 0 Å². The maximum absolute atomic E-state index is 13.9. The summed E-state index contributed by atoms with van der Waals surface area (Å²) in [5.74, 6) is 0.754. The van der Waals surface area contributed by atoms with Gasteiger partial charge in [-0.15, -0.1) is 0 Å². The molecule has 1 unspecified atom stereocenters. The molecule has 1 saturated carbocycles. The van der Waals surface area contributed by atoms with E-state index in [9.17, 15) is 4.39 Å². The third-order valence-corrected chi connectivity index (χ3v) is 4.71. The van der Waals surface area contributed by atoms with Crippen molar-refractivity contribution in [3.63, 3.8) is 0 Å². The Kier molecular flexibility index (Phi) is 5.55. The van der Waals surface area contributed by atoms with Crippen molar-refractivity contribution in [2.45, 2.75) is 44.7 Å². The molecule has 0 bridgehead atoms. The first-order chi connectivity index (χ1) is 9.61. The highest BCUT2D eigenvalue weighted by molar-refractivity contribution is 5.21. The molecule has 0 amide bonds. The largest absolute Gasteiger partial charge is 0.312 e. The number of nitrogens with zero attached hydrogens (tertiary/aromatic N) is 1. The SMILES string of the molecule is CNC(CN(C)C1CCC(C)CC1)c1ccccc1F. The van der Waals surface area contributed by atoms with Crippen LogP contribution in [0.1, 0.15) is 44.2 Å². The van der Waals surface area contributed by atoms with Crippen LogP contribution < -0.4 is 5.32 Å². The van der Waals surface area contributed by atoms with Gasteiger partial charge in [-0.3, -0.25) is 0 Å². The van der Waals surface area contributed by atoms with Gasteiger partial charge in [-0.1, -0.05) is 25.1 Å². The molecule has 0 saturated heterocycles. The Morgan fingerprint density at radius 3 is 2.50 bits per heavy atom. The number of benzene rings is 1. The number of hydrogen-bond acceptors (Lipinski definition) is 2. The molecule has 3 heteroatoms. The predicted molar refractivity (Wildman–Crippen MR) is 82.3 cm³/mol. The molecule has 1 atom stereocenters. The van der Waals surface area contributed by atoms with Crippen LogP contribution in [-0.2, 0) is 0 Å². The van der Waals surface area contributed by atoms with Gasteiger partial charge >= 0.3 is 0 Å². The van der Waals surface area contributed by atoms with E-state index in [1.54, 1.807) is 12.1 Å². The Balaban J connectivity index is 1.98. The van der Waals surface area contributed by atoms with Crippen LogP contribution in [0.4, 0.5) is 4.39 Å². The normalized spacial score (nSPS) is 24.9. The molecular formula is C17H27FN2. The third-order valence-electron chi connectivity index (χ3n) is 4.71. The summed E-state index contributed by atoms with van der Waals surface area (Å²) < 4.78 is 13.9. The quantitative estimate of drug-likeness (QED) is 0.885. The standard InChI is InChI=1S/C17H27FN2/c1-13-8-10-14(11-9-13)20(3)12-17(19-2)15-6-4-5-7-16(15)18/h4-7,13-14,17,19H,8-12H2,1-3H3. The van der Waals surface area contributed by atoms with Crippen LogP contribution in [0.25, 0.3) is 0 Å². The summed E-state index contributed by atoms with van der Waals surface area (Å²) in [5.41, 5.74) is 0.769. The fourth-order valence-corrected chi connectivity index (χ4v) is 3.22. The second kappa shape index (κ2) is 7.19. The number of likely N-dealkylation sites (N-methyl/N-ethyl adjacent to an activating group) is 2. The fourth-order valence-electron chi connectivity index (χ4n) is 3.22. The van der Waals surface area contributed by atoms with E-state index in [0.29, 0.717) is 6.04 Å². The van der Waals surface area contributed by atoms with Gasteiger partial charge < -0.3 is 10.2 Å². The molecule has 2 nitrogen and oxygen atoms in total. The molecule has 20 heavy (non-hydrogen) atoms. The number of rotatable bonds is 5. The lowest BCUT2D eigenvalue weighted by Crippen LogP contribution is -2.40. The lowest BCUT2D eigenvalue weighted by Gasteiger charge is -2.35. The van der Waals surface area contributed by atoms with E-state index in [0.717, 1.165) is 18.0 Å². The molecule has 0 spiro atoms.